The van der Waals surface area contributed by atoms with Gasteiger partial charge in [-0.3, -0.25) is 4.90 Å². The van der Waals surface area contributed by atoms with E-state index >= 15 is 0 Å². The summed E-state index contributed by atoms with van der Waals surface area (Å²) in [5, 5.41) is 3.46. The molecule has 1 aromatic carbocycles. The third kappa shape index (κ3) is 3.80. The molecule has 0 aromatic heterocycles. The quantitative estimate of drug-likeness (QED) is 0.622. The molecule has 7 heteroatoms. The van der Waals surface area contributed by atoms with Gasteiger partial charge in [0.1, 0.15) is 6.61 Å². The summed E-state index contributed by atoms with van der Waals surface area (Å²) >= 11 is 6.08. The van der Waals surface area contributed by atoms with E-state index in [1.165, 1.54) is 0 Å². The number of allylic oxidation sites excluding steroid dienone is 1. The van der Waals surface area contributed by atoms with E-state index in [0.29, 0.717) is 22.9 Å². The molecule has 1 aliphatic heterocycles. The Morgan fingerprint density at radius 1 is 1.36 bits per heavy atom. The molecular formula is C18H21ClN2O4. The number of hydrogen-bond acceptors (Lipinski definition) is 4. The molecule has 0 bridgehead atoms. The topological polar surface area (TPSA) is 67.9 Å². The lowest BCUT2D eigenvalue weighted by Gasteiger charge is -2.35. The fourth-order valence-corrected chi connectivity index (χ4v) is 3.22. The van der Waals surface area contributed by atoms with E-state index in [1.54, 1.807) is 37.1 Å². The van der Waals surface area contributed by atoms with Gasteiger partial charge in [0.25, 0.3) is 0 Å². The number of rotatable bonds is 6. The van der Waals surface area contributed by atoms with Gasteiger partial charge in [0.2, 0.25) is 0 Å². The summed E-state index contributed by atoms with van der Waals surface area (Å²) in [6.45, 7) is 2.27. The molecular weight excluding hydrogens is 344 g/mol. The molecule has 134 valence electrons. The van der Waals surface area contributed by atoms with E-state index in [-0.39, 0.29) is 18.7 Å². The molecule has 3 rings (SSSR count). The lowest BCUT2D eigenvalue weighted by molar-refractivity contribution is -0.140. The van der Waals surface area contributed by atoms with Gasteiger partial charge in [-0.25, -0.2) is 9.59 Å². The number of hydrogen-bond donors (Lipinski definition) is 1. The fourth-order valence-electron chi connectivity index (χ4n) is 3.03. The third-order valence-corrected chi connectivity index (χ3v) is 4.60. The van der Waals surface area contributed by atoms with Crippen molar-refractivity contribution in [3.8, 4) is 0 Å². The molecule has 6 nitrogen and oxygen atoms in total. The molecule has 1 heterocycles. The Morgan fingerprint density at radius 2 is 2.12 bits per heavy atom. The second-order valence-corrected chi connectivity index (χ2v) is 6.60. The van der Waals surface area contributed by atoms with Crippen LogP contribution in [0.15, 0.2) is 35.5 Å². The maximum absolute atomic E-state index is 12.7. The van der Waals surface area contributed by atoms with Crippen LogP contribution < -0.4 is 5.32 Å². The average molecular weight is 365 g/mol. The first kappa shape index (κ1) is 17.8. The fraction of sp³-hybridized carbons (Fsp3) is 0.444. The number of carbonyl (C=O) groups excluding carboxylic acids is 2. The molecule has 0 radical (unpaired) electrons. The van der Waals surface area contributed by atoms with Crippen molar-refractivity contribution in [1.82, 2.24) is 10.2 Å². The number of nitrogens with one attached hydrogen (secondary N) is 1. The Labute approximate surface area is 151 Å². The maximum atomic E-state index is 12.7. The van der Waals surface area contributed by atoms with Crippen LogP contribution in [0.5, 0.6) is 0 Å². The van der Waals surface area contributed by atoms with Crippen molar-refractivity contribution in [3.63, 3.8) is 0 Å². The van der Waals surface area contributed by atoms with Crippen LogP contribution in [-0.2, 0) is 14.3 Å². The normalized spacial score (nSPS) is 20.5. The SMILES string of the molecule is COCCOC(=O)C1=C(C)N(C2CC2)C(=O)N[C@@H]1c1cccc(Cl)c1. The first-order valence-corrected chi connectivity index (χ1v) is 8.62. The first-order chi connectivity index (χ1) is 12.0. The van der Waals surface area contributed by atoms with Gasteiger partial charge in [-0.15, -0.1) is 0 Å². The highest BCUT2D eigenvalue weighted by atomic mass is 35.5. The van der Waals surface area contributed by atoms with Crippen molar-refractivity contribution >= 4 is 23.6 Å². The predicted octanol–water partition coefficient (Wildman–Crippen LogP) is 3.03. The van der Waals surface area contributed by atoms with Crippen molar-refractivity contribution in [1.29, 1.82) is 0 Å². The van der Waals surface area contributed by atoms with Gasteiger partial charge >= 0.3 is 12.0 Å². The van der Waals surface area contributed by atoms with Gasteiger partial charge in [0.05, 0.1) is 18.2 Å². The van der Waals surface area contributed by atoms with E-state index in [9.17, 15) is 9.59 Å². The number of ether oxygens (including phenoxy) is 2. The van der Waals surface area contributed by atoms with Gasteiger partial charge in [-0.05, 0) is 37.5 Å². The lowest BCUT2D eigenvalue weighted by Crippen LogP contribution is -2.49. The van der Waals surface area contributed by atoms with Gasteiger partial charge < -0.3 is 14.8 Å². The summed E-state index contributed by atoms with van der Waals surface area (Å²) in [5.41, 5.74) is 1.82. The zero-order valence-corrected chi connectivity index (χ0v) is 15.0. The summed E-state index contributed by atoms with van der Waals surface area (Å²) in [5.74, 6) is -0.454. The van der Waals surface area contributed by atoms with E-state index in [0.717, 1.165) is 18.4 Å². The van der Waals surface area contributed by atoms with Crippen molar-refractivity contribution in [2.75, 3.05) is 20.3 Å². The summed E-state index contributed by atoms with van der Waals surface area (Å²) in [4.78, 5) is 26.9. The van der Waals surface area contributed by atoms with E-state index in [1.807, 2.05) is 6.07 Å². The molecule has 25 heavy (non-hydrogen) atoms. The molecule has 1 aliphatic carbocycles. The van der Waals surface area contributed by atoms with Crippen LogP contribution in [0.3, 0.4) is 0 Å². The third-order valence-electron chi connectivity index (χ3n) is 4.36. The van der Waals surface area contributed by atoms with E-state index in [4.69, 9.17) is 21.1 Å². The number of esters is 1. The molecule has 0 spiro atoms. The Bertz CT molecular complexity index is 715. The van der Waals surface area contributed by atoms with Gasteiger partial charge in [-0.1, -0.05) is 23.7 Å². The molecule has 0 unspecified atom stereocenters. The summed E-state index contributed by atoms with van der Waals surface area (Å²) in [6, 6.07) is 6.49. The van der Waals surface area contributed by atoms with Crippen LogP contribution in [0.4, 0.5) is 4.79 Å². The Kier molecular flexibility index (Phi) is 5.30. The van der Waals surface area contributed by atoms with Gasteiger partial charge in [0, 0.05) is 23.9 Å². The number of methoxy groups -OCH3 is 1. The number of amides is 2. The number of carbonyl (C=O) groups is 2. The Morgan fingerprint density at radius 3 is 2.76 bits per heavy atom. The zero-order chi connectivity index (χ0) is 18.0. The van der Waals surface area contributed by atoms with Crippen LogP contribution in [0.1, 0.15) is 31.4 Å². The number of urea groups is 1. The summed E-state index contributed by atoms with van der Waals surface area (Å²) in [6.07, 6.45) is 1.89. The lowest BCUT2D eigenvalue weighted by atomic mass is 9.95. The predicted molar refractivity (Wildman–Crippen MR) is 93.1 cm³/mol. The standard InChI is InChI=1S/C18H21ClN2O4/c1-11-15(17(22)25-9-8-24-2)16(12-4-3-5-13(19)10-12)20-18(23)21(11)14-6-7-14/h3-5,10,14,16H,6-9H2,1-2H3,(H,20,23)/t16-/m1/s1. The Balaban J connectivity index is 1.97. The van der Waals surface area contributed by atoms with Crippen molar-refractivity contribution in [2.24, 2.45) is 0 Å². The van der Waals surface area contributed by atoms with Crippen molar-refractivity contribution in [3.05, 3.63) is 46.1 Å². The maximum Gasteiger partial charge on any atom is 0.338 e. The van der Waals surface area contributed by atoms with Crippen LogP contribution in [0.2, 0.25) is 5.02 Å². The molecule has 1 N–H and O–H groups in total. The molecule has 1 fully saturated rings. The van der Waals surface area contributed by atoms with Crippen LogP contribution >= 0.6 is 11.6 Å². The number of benzene rings is 1. The highest BCUT2D eigenvalue weighted by Gasteiger charge is 2.42. The minimum absolute atomic E-state index is 0.155. The van der Waals surface area contributed by atoms with Crippen molar-refractivity contribution in [2.45, 2.75) is 31.8 Å². The number of nitrogens with zero attached hydrogens (tertiary/aromatic N) is 1. The minimum atomic E-state index is -0.587. The second kappa shape index (κ2) is 7.45. The largest absolute Gasteiger partial charge is 0.460 e. The summed E-state index contributed by atoms with van der Waals surface area (Å²) < 4.78 is 10.3. The van der Waals surface area contributed by atoms with Gasteiger partial charge in [0.15, 0.2) is 0 Å². The molecule has 1 aromatic rings. The highest BCUT2D eigenvalue weighted by molar-refractivity contribution is 6.30. The molecule has 0 saturated heterocycles. The molecule has 1 saturated carbocycles. The second-order valence-electron chi connectivity index (χ2n) is 6.17. The first-order valence-electron chi connectivity index (χ1n) is 8.25. The van der Waals surface area contributed by atoms with Crippen LogP contribution in [-0.4, -0.2) is 43.3 Å². The van der Waals surface area contributed by atoms with E-state index in [2.05, 4.69) is 5.32 Å². The summed E-state index contributed by atoms with van der Waals surface area (Å²) in [7, 11) is 1.54. The van der Waals surface area contributed by atoms with Crippen LogP contribution in [0, 0.1) is 0 Å². The minimum Gasteiger partial charge on any atom is -0.460 e. The molecule has 2 aliphatic rings. The van der Waals surface area contributed by atoms with E-state index < -0.39 is 12.0 Å². The average Bonchev–Trinajstić information content (AvgIpc) is 3.39. The monoisotopic (exact) mass is 364 g/mol. The zero-order valence-electron chi connectivity index (χ0n) is 14.3. The van der Waals surface area contributed by atoms with Crippen molar-refractivity contribution < 1.29 is 19.1 Å². The van der Waals surface area contributed by atoms with Gasteiger partial charge in [-0.2, -0.15) is 0 Å². The molecule has 2 amide bonds. The Hall–Kier alpha value is -2.05. The number of halogens is 1. The smallest absolute Gasteiger partial charge is 0.338 e. The molecule has 1 atom stereocenters. The highest BCUT2D eigenvalue weighted by Crippen LogP contribution is 2.38. The van der Waals surface area contributed by atoms with Crippen LogP contribution in [0.25, 0.3) is 0 Å².